The molecule has 0 radical (unpaired) electrons. The lowest BCUT2D eigenvalue weighted by atomic mass is 9.87. The number of phenols is 2. The van der Waals surface area contributed by atoms with Crippen molar-refractivity contribution >= 4 is 27.9 Å². The van der Waals surface area contributed by atoms with Crippen LogP contribution in [0.3, 0.4) is 0 Å². The SMILES string of the molecule is COc1ccc(O)c2c(=O)c3c(OC)cc4c(c3oc12)C1CC(OC(=O)c2ccc(C(C)(O)CCCC(C)(C)O)c(O)c2)OC1O4. The molecule has 2 aliphatic rings. The Kier molecular flexibility index (Phi) is 7.78. The van der Waals surface area contributed by atoms with Crippen molar-refractivity contribution in [3.63, 3.8) is 0 Å². The third-order valence-electron chi connectivity index (χ3n) is 8.62. The highest BCUT2D eigenvalue weighted by Gasteiger charge is 2.48. The molecule has 46 heavy (non-hydrogen) atoms. The van der Waals surface area contributed by atoms with Crippen molar-refractivity contribution in [2.75, 3.05) is 14.2 Å². The van der Waals surface area contributed by atoms with Gasteiger partial charge in [0.1, 0.15) is 39.4 Å². The number of ether oxygens (including phenoxy) is 5. The van der Waals surface area contributed by atoms with Crippen LogP contribution in [0, 0.1) is 0 Å². The van der Waals surface area contributed by atoms with Crippen LogP contribution in [0.1, 0.15) is 73.9 Å². The van der Waals surface area contributed by atoms with Crippen LogP contribution < -0.4 is 19.6 Å². The fourth-order valence-electron chi connectivity index (χ4n) is 6.30. The number of esters is 1. The number of carbonyl (C=O) groups excluding carboxylic acids is 1. The molecule has 4 unspecified atom stereocenters. The van der Waals surface area contributed by atoms with Crippen molar-refractivity contribution in [1.82, 2.24) is 0 Å². The van der Waals surface area contributed by atoms with Gasteiger partial charge in [-0.25, -0.2) is 4.79 Å². The fourth-order valence-corrected chi connectivity index (χ4v) is 6.30. The Bertz CT molecular complexity index is 1900. The molecular weight excluding hydrogens is 600 g/mol. The number of aromatic hydroxyl groups is 2. The van der Waals surface area contributed by atoms with Crippen molar-refractivity contribution in [1.29, 1.82) is 0 Å². The first-order chi connectivity index (χ1) is 21.7. The zero-order valence-electron chi connectivity index (χ0n) is 26.1. The van der Waals surface area contributed by atoms with Gasteiger partial charge in [-0.15, -0.1) is 0 Å². The van der Waals surface area contributed by atoms with Crippen LogP contribution in [-0.4, -0.2) is 58.8 Å². The van der Waals surface area contributed by atoms with E-state index in [1.165, 1.54) is 44.6 Å². The van der Waals surface area contributed by atoms with Gasteiger partial charge in [0, 0.05) is 23.6 Å². The molecule has 12 heteroatoms. The van der Waals surface area contributed by atoms with Gasteiger partial charge in [-0.05, 0) is 64.3 Å². The van der Waals surface area contributed by atoms with Crippen LogP contribution >= 0.6 is 0 Å². The average molecular weight is 637 g/mol. The number of hydrogen-bond acceptors (Lipinski definition) is 12. The minimum Gasteiger partial charge on any atom is -0.508 e. The standard InChI is InChI=1S/C34H36O12/c1-33(2,39)11-6-12-34(3,40)18-8-7-16(13-20(18)36)31(38)44-24-14-17-25-23(43-32(17)45-24)15-22(42-5)27-28(37)26-19(35)9-10-21(41-4)29(26)46-30(25)27/h7-10,13,15,17,24,32,35-36,39-40H,6,11-12,14H2,1-5H3. The lowest BCUT2D eigenvalue weighted by Crippen LogP contribution is -2.24. The van der Waals surface area contributed by atoms with E-state index in [2.05, 4.69) is 0 Å². The molecule has 0 aliphatic carbocycles. The third-order valence-corrected chi connectivity index (χ3v) is 8.62. The quantitative estimate of drug-likeness (QED) is 0.144. The van der Waals surface area contributed by atoms with Gasteiger partial charge in [-0.3, -0.25) is 4.79 Å². The summed E-state index contributed by atoms with van der Waals surface area (Å²) in [6.45, 7) is 4.94. The number of methoxy groups -OCH3 is 2. The van der Waals surface area contributed by atoms with Crippen molar-refractivity contribution in [2.24, 2.45) is 0 Å². The lowest BCUT2D eigenvalue weighted by Gasteiger charge is -2.26. The summed E-state index contributed by atoms with van der Waals surface area (Å²) in [5.74, 6) is -0.972. The second kappa shape index (κ2) is 11.4. The van der Waals surface area contributed by atoms with E-state index < -0.39 is 41.1 Å². The van der Waals surface area contributed by atoms with Crippen LogP contribution in [0.4, 0.5) is 0 Å². The molecule has 3 aromatic carbocycles. The van der Waals surface area contributed by atoms with E-state index in [0.29, 0.717) is 30.6 Å². The lowest BCUT2D eigenvalue weighted by molar-refractivity contribution is -0.151. The number of carbonyl (C=O) groups is 1. The van der Waals surface area contributed by atoms with E-state index in [0.717, 1.165) is 0 Å². The molecule has 0 spiro atoms. The van der Waals surface area contributed by atoms with E-state index >= 15 is 0 Å². The molecule has 6 rings (SSSR count). The third kappa shape index (κ3) is 5.46. The summed E-state index contributed by atoms with van der Waals surface area (Å²) in [6, 6.07) is 8.55. The number of phenolic OH excluding ortho intramolecular Hbond substituents is 2. The van der Waals surface area contributed by atoms with Crippen LogP contribution in [0.15, 0.2) is 45.6 Å². The normalized spacial score (nSPS) is 20.2. The molecule has 1 saturated heterocycles. The van der Waals surface area contributed by atoms with Crippen LogP contribution in [-0.2, 0) is 15.1 Å². The maximum absolute atomic E-state index is 13.7. The van der Waals surface area contributed by atoms with Crippen molar-refractivity contribution < 1.29 is 53.3 Å². The Balaban J connectivity index is 1.25. The maximum atomic E-state index is 13.7. The highest BCUT2D eigenvalue weighted by atomic mass is 16.8. The molecule has 12 nitrogen and oxygen atoms in total. The summed E-state index contributed by atoms with van der Waals surface area (Å²) >= 11 is 0. The molecule has 0 bridgehead atoms. The van der Waals surface area contributed by atoms with E-state index in [4.69, 9.17) is 28.1 Å². The first-order valence-corrected chi connectivity index (χ1v) is 14.9. The Hall–Kier alpha value is -4.52. The van der Waals surface area contributed by atoms with Crippen molar-refractivity contribution in [3.8, 4) is 28.7 Å². The van der Waals surface area contributed by atoms with Crippen LogP contribution in [0.5, 0.6) is 28.7 Å². The summed E-state index contributed by atoms with van der Waals surface area (Å²) in [5, 5.41) is 42.2. The summed E-state index contributed by atoms with van der Waals surface area (Å²) in [6.07, 6.45) is -0.433. The van der Waals surface area contributed by atoms with Crippen molar-refractivity contribution in [3.05, 3.63) is 63.3 Å². The zero-order chi connectivity index (χ0) is 33.1. The number of aliphatic hydroxyl groups is 2. The molecule has 1 aromatic heterocycles. The van der Waals surface area contributed by atoms with Gasteiger partial charge in [0.05, 0.1) is 36.9 Å². The van der Waals surface area contributed by atoms with E-state index in [1.54, 1.807) is 26.8 Å². The highest BCUT2D eigenvalue weighted by Crippen LogP contribution is 2.52. The molecule has 3 heterocycles. The number of fused-ring (bicyclic) bond motifs is 6. The van der Waals surface area contributed by atoms with E-state index in [-0.39, 0.29) is 62.5 Å². The van der Waals surface area contributed by atoms with Gasteiger partial charge in [-0.1, -0.05) is 6.07 Å². The molecule has 4 aromatic rings. The molecule has 4 N–H and O–H groups in total. The fraction of sp³-hybridized carbons (Fsp3) is 0.412. The molecule has 2 aliphatic heterocycles. The van der Waals surface area contributed by atoms with Gasteiger partial charge in [0.2, 0.25) is 18.0 Å². The van der Waals surface area contributed by atoms with Gasteiger partial charge < -0.3 is 48.5 Å². The monoisotopic (exact) mass is 636 g/mol. The Morgan fingerprint density at radius 1 is 0.935 bits per heavy atom. The summed E-state index contributed by atoms with van der Waals surface area (Å²) in [4.78, 5) is 26.8. The number of benzene rings is 3. The highest BCUT2D eigenvalue weighted by molar-refractivity contribution is 6.00. The molecular formula is C34H36O12. The van der Waals surface area contributed by atoms with E-state index in [9.17, 15) is 30.0 Å². The molecule has 0 amide bonds. The summed E-state index contributed by atoms with van der Waals surface area (Å²) in [7, 11) is 2.83. The number of hydrogen-bond donors (Lipinski definition) is 4. The Labute approximate surface area is 263 Å². The molecule has 244 valence electrons. The van der Waals surface area contributed by atoms with Gasteiger partial charge in [0.25, 0.3) is 0 Å². The summed E-state index contributed by atoms with van der Waals surface area (Å²) < 4.78 is 34.7. The van der Waals surface area contributed by atoms with Gasteiger partial charge >= 0.3 is 5.97 Å². The Morgan fingerprint density at radius 3 is 2.35 bits per heavy atom. The predicted octanol–water partition coefficient (Wildman–Crippen LogP) is 4.93. The van der Waals surface area contributed by atoms with Crippen LogP contribution in [0.2, 0.25) is 0 Å². The van der Waals surface area contributed by atoms with Gasteiger partial charge in [-0.2, -0.15) is 0 Å². The maximum Gasteiger partial charge on any atom is 0.340 e. The van der Waals surface area contributed by atoms with Crippen molar-refractivity contribution in [2.45, 2.75) is 76.2 Å². The van der Waals surface area contributed by atoms with Gasteiger partial charge in [0.15, 0.2) is 11.3 Å². The predicted molar refractivity (Wildman–Crippen MR) is 165 cm³/mol. The first-order valence-electron chi connectivity index (χ1n) is 14.9. The second-order valence-corrected chi connectivity index (χ2v) is 12.6. The average Bonchev–Trinajstić information content (AvgIpc) is 3.52. The second-order valence-electron chi connectivity index (χ2n) is 12.6. The first kappa shape index (κ1) is 31.5. The minimum absolute atomic E-state index is 0.0510. The largest absolute Gasteiger partial charge is 0.508 e. The van der Waals surface area contributed by atoms with Crippen LogP contribution in [0.25, 0.3) is 21.9 Å². The smallest absolute Gasteiger partial charge is 0.340 e. The molecule has 1 fully saturated rings. The zero-order valence-corrected chi connectivity index (χ0v) is 26.1. The minimum atomic E-state index is -1.39. The molecule has 4 atom stereocenters. The number of rotatable bonds is 9. The topological polar surface area (TPSA) is 174 Å². The summed E-state index contributed by atoms with van der Waals surface area (Å²) in [5.41, 5.74) is -1.72. The van der Waals surface area contributed by atoms with E-state index in [1.807, 2.05) is 0 Å². The Morgan fingerprint density at radius 2 is 1.67 bits per heavy atom. The molecule has 0 saturated carbocycles.